The second-order valence-electron chi connectivity index (χ2n) is 6.82. The summed E-state index contributed by atoms with van der Waals surface area (Å²) in [5.41, 5.74) is 0.793. The molecule has 2 aliphatic rings. The molecule has 1 aromatic carbocycles. The van der Waals surface area contributed by atoms with Crippen molar-refractivity contribution in [1.29, 1.82) is 0 Å². The molecular formula is C18H18ClF2N3S. The zero-order valence-corrected chi connectivity index (χ0v) is 15.1. The third-order valence-electron chi connectivity index (χ3n) is 5.08. The molecule has 1 aliphatic heterocycles. The predicted molar refractivity (Wildman–Crippen MR) is 98.2 cm³/mol. The Hall–Kier alpha value is -1.53. The molecular weight excluding hydrogens is 364 g/mol. The molecule has 1 saturated carbocycles. The van der Waals surface area contributed by atoms with Crippen LogP contribution in [0.4, 0.5) is 20.3 Å². The molecule has 0 bridgehead atoms. The van der Waals surface area contributed by atoms with Crippen LogP contribution in [-0.2, 0) is 0 Å². The summed E-state index contributed by atoms with van der Waals surface area (Å²) in [4.78, 5) is 5.91. The van der Waals surface area contributed by atoms with Gasteiger partial charge >= 0.3 is 0 Å². The van der Waals surface area contributed by atoms with E-state index in [4.69, 9.17) is 11.6 Å². The van der Waals surface area contributed by atoms with Crippen molar-refractivity contribution in [2.24, 2.45) is 5.41 Å². The highest BCUT2D eigenvalue weighted by molar-refractivity contribution is 8.00. The number of halogens is 3. The van der Waals surface area contributed by atoms with E-state index in [2.05, 4.69) is 9.71 Å². The Kier molecular flexibility index (Phi) is 4.50. The van der Waals surface area contributed by atoms with Crippen molar-refractivity contribution >= 4 is 35.1 Å². The molecule has 3 nitrogen and oxygen atoms in total. The molecule has 1 aliphatic carbocycles. The summed E-state index contributed by atoms with van der Waals surface area (Å²) in [6, 6.07) is 6.63. The topological polar surface area (TPSA) is 28.2 Å². The summed E-state index contributed by atoms with van der Waals surface area (Å²) >= 11 is 7.05. The molecule has 1 N–H and O–H groups in total. The van der Waals surface area contributed by atoms with Crippen LogP contribution in [0.1, 0.15) is 25.7 Å². The maximum atomic E-state index is 14.6. The molecule has 0 atom stereocenters. The number of hydrogen-bond donors (Lipinski definition) is 1. The average molecular weight is 382 g/mol. The monoisotopic (exact) mass is 381 g/mol. The van der Waals surface area contributed by atoms with E-state index in [0.29, 0.717) is 16.9 Å². The highest BCUT2D eigenvalue weighted by Gasteiger charge is 2.45. The van der Waals surface area contributed by atoms with Gasteiger partial charge in [0.05, 0.1) is 5.69 Å². The van der Waals surface area contributed by atoms with Gasteiger partial charge < -0.3 is 9.62 Å². The third-order valence-corrected chi connectivity index (χ3v) is 6.33. The quantitative estimate of drug-likeness (QED) is 0.558. The smallest absolute Gasteiger partial charge is 0.162 e. The van der Waals surface area contributed by atoms with Crippen LogP contribution in [0.15, 0.2) is 35.4 Å². The van der Waals surface area contributed by atoms with Crippen LogP contribution in [0.3, 0.4) is 0 Å². The number of benzene rings is 1. The van der Waals surface area contributed by atoms with Gasteiger partial charge in [-0.3, -0.25) is 0 Å². The van der Waals surface area contributed by atoms with Gasteiger partial charge in [-0.25, -0.2) is 13.8 Å². The average Bonchev–Trinajstić information content (AvgIpc) is 3.08. The number of pyridine rings is 1. The van der Waals surface area contributed by atoms with Crippen molar-refractivity contribution in [3.8, 4) is 0 Å². The second kappa shape index (κ2) is 6.65. The minimum atomic E-state index is -0.725. The lowest BCUT2D eigenvalue weighted by atomic mass is 9.78. The van der Waals surface area contributed by atoms with Crippen LogP contribution in [0.5, 0.6) is 0 Å². The zero-order chi connectivity index (χ0) is 17.4. The molecule has 0 radical (unpaired) electrons. The lowest BCUT2D eigenvalue weighted by Crippen LogP contribution is -2.55. The first kappa shape index (κ1) is 16.9. The first-order valence-electron chi connectivity index (χ1n) is 8.34. The first-order chi connectivity index (χ1) is 12.1. The van der Waals surface area contributed by atoms with Crippen LogP contribution >= 0.6 is 23.5 Å². The van der Waals surface area contributed by atoms with Gasteiger partial charge in [0, 0.05) is 30.8 Å². The van der Waals surface area contributed by atoms with E-state index in [0.717, 1.165) is 25.0 Å². The van der Waals surface area contributed by atoms with Gasteiger partial charge in [-0.05, 0) is 36.9 Å². The van der Waals surface area contributed by atoms with Crippen LogP contribution in [0, 0.1) is 17.0 Å². The highest BCUT2D eigenvalue weighted by atomic mass is 35.5. The van der Waals surface area contributed by atoms with Crippen molar-refractivity contribution in [2.45, 2.75) is 30.6 Å². The van der Waals surface area contributed by atoms with E-state index >= 15 is 0 Å². The van der Waals surface area contributed by atoms with Crippen molar-refractivity contribution in [2.75, 3.05) is 22.7 Å². The molecule has 132 valence electrons. The molecule has 2 aromatic rings. The van der Waals surface area contributed by atoms with Gasteiger partial charge in [0.15, 0.2) is 5.82 Å². The molecule has 0 unspecified atom stereocenters. The van der Waals surface area contributed by atoms with E-state index in [1.807, 2.05) is 4.90 Å². The fourth-order valence-electron chi connectivity index (χ4n) is 3.79. The van der Waals surface area contributed by atoms with Gasteiger partial charge in [-0.2, -0.15) is 0 Å². The lowest BCUT2D eigenvalue weighted by molar-refractivity contribution is 0.221. The van der Waals surface area contributed by atoms with Gasteiger partial charge in [0.1, 0.15) is 21.6 Å². The number of aromatic nitrogens is 1. The van der Waals surface area contributed by atoms with E-state index in [9.17, 15) is 8.78 Å². The Labute approximate surface area is 154 Å². The number of hydrogen-bond acceptors (Lipinski definition) is 4. The van der Waals surface area contributed by atoms with Crippen LogP contribution in [0.2, 0.25) is 5.02 Å². The summed E-state index contributed by atoms with van der Waals surface area (Å²) in [5, 5.41) is -0.0143. The van der Waals surface area contributed by atoms with E-state index in [-0.39, 0.29) is 9.92 Å². The van der Waals surface area contributed by atoms with Crippen molar-refractivity contribution in [1.82, 2.24) is 4.98 Å². The summed E-state index contributed by atoms with van der Waals surface area (Å²) < 4.78 is 32.0. The summed E-state index contributed by atoms with van der Waals surface area (Å²) in [6.07, 6.45) is 6.51. The Morgan fingerprint density at radius 2 is 1.96 bits per heavy atom. The van der Waals surface area contributed by atoms with Crippen LogP contribution in [0.25, 0.3) is 0 Å². The van der Waals surface area contributed by atoms with E-state index in [1.54, 1.807) is 24.4 Å². The lowest BCUT2D eigenvalue weighted by Gasteiger charge is -2.50. The van der Waals surface area contributed by atoms with E-state index < -0.39 is 11.6 Å². The normalized spacial score (nSPS) is 18.4. The van der Waals surface area contributed by atoms with Crippen LogP contribution in [-0.4, -0.2) is 18.1 Å². The van der Waals surface area contributed by atoms with E-state index in [1.165, 1.54) is 31.7 Å². The largest absolute Gasteiger partial charge is 0.369 e. The molecule has 1 aromatic heterocycles. The Morgan fingerprint density at radius 3 is 2.64 bits per heavy atom. The molecule has 1 saturated heterocycles. The molecule has 25 heavy (non-hydrogen) atoms. The van der Waals surface area contributed by atoms with Gasteiger partial charge in [0.25, 0.3) is 0 Å². The van der Waals surface area contributed by atoms with Gasteiger partial charge in [-0.15, -0.1) is 0 Å². The predicted octanol–water partition coefficient (Wildman–Crippen LogP) is 5.51. The third kappa shape index (κ3) is 3.17. The summed E-state index contributed by atoms with van der Waals surface area (Å²) in [6.45, 7) is 1.68. The number of nitrogens with zero attached hydrogens (tertiary/aromatic N) is 2. The fourth-order valence-corrected chi connectivity index (χ4v) is 4.79. The Bertz CT molecular complexity index is 774. The maximum Gasteiger partial charge on any atom is 0.162 e. The fraction of sp³-hybridized carbons (Fsp3) is 0.389. The molecule has 0 amide bonds. The number of nitrogens with one attached hydrogen (secondary N) is 1. The van der Waals surface area contributed by atoms with Crippen molar-refractivity contribution in [3.63, 3.8) is 0 Å². The minimum absolute atomic E-state index is 0.0143. The standard InChI is InChI=1S/C18H18ClF2N3S/c19-15-13(24-10-18(11-24)6-2-3-7-18)9-12(20)17(16(15)21)25-23-14-5-1-4-8-22-14/h1,4-5,8-9H,2-3,6-7,10-11H2,(H,22,23). The van der Waals surface area contributed by atoms with Crippen LogP contribution < -0.4 is 9.62 Å². The van der Waals surface area contributed by atoms with Gasteiger partial charge in [0.2, 0.25) is 0 Å². The summed E-state index contributed by atoms with van der Waals surface area (Å²) in [7, 11) is 0. The molecule has 4 rings (SSSR count). The molecule has 2 heterocycles. The number of rotatable bonds is 4. The zero-order valence-electron chi connectivity index (χ0n) is 13.6. The highest BCUT2D eigenvalue weighted by Crippen LogP contribution is 2.49. The van der Waals surface area contributed by atoms with Crippen molar-refractivity contribution in [3.05, 3.63) is 47.1 Å². The number of anilines is 2. The first-order valence-corrected chi connectivity index (χ1v) is 9.54. The SMILES string of the molecule is Fc1cc(N2CC3(CCCC3)C2)c(Cl)c(F)c1SNc1ccccn1. The van der Waals surface area contributed by atoms with Gasteiger partial charge in [-0.1, -0.05) is 30.5 Å². The molecule has 2 fully saturated rings. The molecule has 1 spiro atoms. The summed E-state index contributed by atoms with van der Waals surface area (Å²) in [5.74, 6) is -0.812. The second-order valence-corrected chi connectivity index (χ2v) is 8.01. The Morgan fingerprint density at radius 1 is 1.20 bits per heavy atom. The minimum Gasteiger partial charge on any atom is -0.369 e. The Balaban J connectivity index is 1.52. The maximum absolute atomic E-state index is 14.6. The van der Waals surface area contributed by atoms with Crippen molar-refractivity contribution < 1.29 is 8.78 Å². The molecule has 7 heteroatoms.